The molecule has 4 rings (SSSR count). The van der Waals surface area contributed by atoms with Crippen molar-refractivity contribution in [3.05, 3.63) is 41.2 Å². The van der Waals surface area contributed by atoms with Crippen LogP contribution in [0.5, 0.6) is 0 Å². The minimum Gasteiger partial charge on any atom is -0.465 e. The highest BCUT2D eigenvalue weighted by molar-refractivity contribution is 6.30. The second-order valence-electron chi connectivity index (χ2n) is 7.30. The number of hydrogen-bond acceptors (Lipinski definition) is 4. The molecule has 27 heavy (non-hydrogen) atoms. The van der Waals surface area contributed by atoms with Crippen molar-refractivity contribution in [1.82, 2.24) is 0 Å². The van der Waals surface area contributed by atoms with E-state index in [0.29, 0.717) is 12.3 Å². The van der Waals surface area contributed by atoms with E-state index in [1.54, 1.807) is 6.07 Å². The van der Waals surface area contributed by atoms with E-state index in [2.05, 4.69) is 6.92 Å². The standard InChI is InChI=1S/C20H21ClFNO4/c1-2-3-4-9-26-19(25)16-15-7-8-20(27-15)11-23(18(24)17(16)20)12-5-6-13(21)14(22)10-12/h5-8,10,15-17H,2-4,9,11H2,1H3/t15-,16-,17+,20+/m1/s1. The highest BCUT2D eigenvalue weighted by Crippen LogP contribution is 2.53. The van der Waals surface area contributed by atoms with Crippen LogP contribution in [0.1, 0.15) is 26.2 Å². The van der Waals surface area contributed by atoms with Gasteiger partial charge >= 0.3 is 5.97 Å². The van der Waals surface area contributed by atoms with Gasteiger partial charge in [0.15, 0.2) is 0 Å². The summed E-state index contributed by atoms with van der Waals surface area (Å²) in [5.41, 5.74) is -0.452. The van der Waals surface area contributed by atoms with Crippen molar-refractivity contribution >= 4 is 29.2 Å². The van der Waals surface area contributed by atoms with E-state index in [1.165, 1.54) is 17.0 Å². The number of rotatable bonds is 6. The fourth-order valence-corrected chi connectivity index (χ4v) is 4.38. The van der Waals surface area contributed by atoms with Crippen LogP contribution in [0.2, 0.25) is 5.02 Å². The van der Waals surface area contributed by atoms with Crippen molar-refractivity contribution in [2.75, 3.05) is 18.1 Å². The van der Waals surface area contributed by atoms with E-state index in [0.717, 1.165) is 19.3 Å². The monoisotopic (exact) mass is 393 g/mol. The number of ether oxygens (including phenoxy) is 2. The second kappa shape index (κ2) is 6.91. The van der Waals surface area contributed by atoms with E-state index in [1.807, 2.05) is 12.2 Å². The maximum atomic E-state index is 13.9. The van der Waals surface area contributed by atoms with Gasteiger partial charge in [-0.2, -0.15) is 0 Å². The Morgan fingerprint density at radius 3 is 3.00 bits per heavy atom. The maximum absolute atomic E-state index is 13.9. The molecule has 144 valence electrons. The normalized spacial score (nSPS) is 30.9. The lowest BCUT2D eigenvalue weighted by Crippen LogP contribution is -2.40. The number of benzene rings is 1. The highest BCUT2D eigenvalue weighted by atomic mass is 35.5. The van der Waals surface area contributed by atoms with E-state index in [-0.39, 0.29) is 17.5 Å². The molecule has 3 heterocycles. The molecular formula is C20H21ClFNO4. The van der Waals surface area contributed by atoms with E-state index >= 15 is 0 Å². The van der Waals surface area contributed by atoms with Crippen molar-refractivity contribution in [2.24, 2.45) is 11.8 Å². The molecule has 2 fully saturated rings. The summed E-state index contributed by atoms with van der Waals surface area (Å²) < 4.78 is 25.3. The third-order valence-electron chi connectivity index (χ3n) is 5.58. The molecule has 0 N–H and O–H groups in total. The van der Waals surface area contributed by atoms with Gasteiger partial charge in [-0.25, -0.2) is 4.39 Å². The van der Waals surface area contributed by atoms with Crippen molar-refractivity contribution in [1.29, 1.82) is 0 Å². The summed E-state index contributed by atoms with van der Waals surface area (Å²) in [4.78, 5) is 27.2. The zero-order valence-electron chi connectivity index (χ0n) is 15.0. The van der Waals surface area contributed by atoms with Gasteiger partial charge in [0.2, 0.25) is 5.91 Å². The van der Waals surface area contributed by atoms with E-state index < -0.39 is 35.3 Å². The third-order valence-corrected chi connectivity index (χ3v) is 5.89. The number of unbranched alkanes of at least 4 members (excludes halogenated alkanes) is 2. The Labute approximate surface area is 162 Å². The number of anilines is 1. The number of nitrogens with zero attached hydrogens (tertiary/aromatic N) is 1. The van der Waals surface area contributed by atoms with Gasteiger partial charge in [-0.1, -0.05) is 43.5 Å². The topological polar surface area (TPSA) is 55.8 Å². The SMILES string of the molecule is CCCCCOC(=O)[C@H]1[C@H]2C(=O)N(c3ccc(Cl)c(F)c3)C[C@@]23C=C[C@H]1O3. The number of carbonyl (C=O) groups is 2. The van der Waals surface area contributed by atoms with Gasteiger partial charge in [-0.05, 0) is 24.6 Å². The molecule has 7 heteroatoms. The quantitative estimate of drug-likeness (QED) is 0.421. The Bertz CT molecular complexity index is 813. The number of carbonyl (C=O) groups excluding carboxylic acids is 2. The fraction of sp³-hybridized carbons (Fsp3) is 0.500. The van der Waals surface area contributed by atoms with Crippen molar-refractivity contribution < 1.29 is 23.5 Å². The first-order valence-electron chi connectivity index (χ1n) is 9.27. The van der Waals surface area contributed by atoms with Gasteiger partial charge in [0.05, 0.1) is 30.2 Å². The summed E-state index contributed by atoms with van der Waals surface area (Å²) in [6, 6.07) is 4.24. The molecule has 0 saturated carbocycles. The van der Waals surface area contributed by atoms with Crippen LogP contribution in [0, 0.1) is 17.7 Å². The van der Waals surface area contributed by atoms with Gasteiger partial charge in [-0.3, -0.25) is 9.59 Å². The molecule has 0 unspecified atom stereocenters. The van der Waals surface area contributed by atoms with Crippen LogP contribution >= 0.6 is 11.6 Å². The first-order valence-corrected chi connectivity index (χ1v) is 9.65. The highest BCUT2D eigenvalue weighted by Gasteiger charge is 2.67. The van der Waals surface area contributed by atoms with Gasteiger partial charge in [0.1, 0.15) is 17.3 Å². The Kier molecular flexibility index (Phi) is 4.72. The number of fused-ring (bicyclic) bond motifs is 1. The number of hydrogen-bond donors (Lipinski definition) is 0. The molecule has 0 aliphatic carbocycles. The number of amides is 1. The van der Waals surface area contributed by atoms with Crippen LogP contribution in [-0.4, -0.2) is 36.7 Å². The Morgan fingerprint density at radius 1 is 1.44 bits per heavy atom. The van der Waals surface area contributed by atoms with Crippen LogP contribution < -0.4 is 4.90 Å². The summed E-state index contributed by atoms with van der Waals surface area (Å²) in [6.45, 7) is 2.66. The molecule has 3 aliphatic heterocycles. The predicted molar refractivity (Wildman–Crippen MR) is 98.0 cm³/mol. The fourth-order valence-electron chi connectivity index (χ4n) is 4.26. The van der Waals surface area contributed by atoms with Crippen molar-refractivity contribution in [3.63, 3.8) is 0 Å². The van der Waals surface area contributed by atoms with Crippen LogP contribution in [0.15, 0.2) is 30.4 Å². The number of esters is 1. The average Bonchev–Trinajstić information content (AvgIpc) is 3.29. The molecule has 0 radical (unpaired) electrons. The summed E-state index contributed by atoms with van der Waals surface area (Å²) in [5, 5.41) is -0.00522. The molecule has 1 spiro atoms. The van der Waals surface area contributed by atoms with Crippen LogP contribution in [-0.2, 0) is 19.1 Å². The molecule has 1 aromatic carbocycles. The van der Waals surface area contributed by atoms with E-state index in [4.69, 9.17) is 21.1 Å². The van der Waals surface area contributed by atoms with Crippen LogP contribution in [0.25, 0.3) is 0 Å². The average molecular weight is 394 g/mol. The first kappa shape index (κ1) is 18.4. The Morgan fingerprint density at radius 2 is 2.26 bits per heavy atom. The molecular weight excluding hydrogens is 373 g/mol. The van der Waals surface area contributed by atoms with Crippen LogP contribution in [0.3, 0.4) is 0 Å². The molecule has 0 aromatic heterocycles. The van der Waals surface area contributed by atoms with E-state index in [9.17, 15) is 14.0 Å². The molecule has 1 aromatic rings. The lowest BCUT2D eigenvalue weighted by molar-refractivity contribution is -0.152. The molecule has 2 bridgehead atoms. The molecule has 2 saturated heterocycles. The summed E-state index contributed by atoms with van der Waals surface area (Å²) in [7, 11) is 0. The third kappa shape index (κ3) is 2.95. The van der Waals surface area contributed by atoms with Gasteiger partial charge in [-0.15, -0.1) is 0 Å². The van der Waals surface area contributed by atoms with Crippen molar-refractivity contribution in [2.45, 2.75) is 37.9 Å². The summed E-state index contributed by atoms with van der Waals surface area (Å²) in [5.74, 6) is -2.55. The zero-order chi connectivity index (χ0) is 19.2. The predicted octanol–water partition coefficient (Wildman–Crippen LogP) is 3.50. The minimum atomic E-state index is -0.856. The van der Waals surface area contributed by atoms with Gasteiger partial charge < -0.3 is 14.4 Å². The largest absolute Gasteiger partial charge is 0.465 e. The zero-order valence-corrected chi connectivity index (χ0v) is 15.7. The minimum absolute atomic E-state index is 0.00522. The maximum Gasteiger partial charge on any atom is 0.312 e. The number of halogens is 2. The Balaban J connectivity index is 1.55. The lowest BCUT2D eigenvalue weighted by atomic mass is 9.77. The molecule has 5 nitrogen and oxygen atoms in total. The molecule has 3 aliphatic rings. The van der Waals surface area contributed by atoms with Crippen LogP contribution in [0.4, 0.5) is 10.1 Å². The summed E-state index contributed by atoms with van der Waals surface area (Å²) >= 11 is 5.74. The molecule has 1 amide bonds. The molecule has 4 atom stereocenters. The van der Waals surface area contributed by atoms with Gasteiger partial charge in [0.25, 0.3) is 0 Å². The first-order chi connectivity index (χ1) is 13.0. The lowest BCUT2D eigenvalue weighted by Gasteiger charge is -2.22. The van der Waals surface area contributed by atoms with Crippen molar-refractivity contribution in [3.8, 4) is 0 Å². The second-order valence-corrected chi connectivity index (χ2v) is 7.70. The summed E-state index contributed by atoms with van der Waals surface area (Å²) in [6.07, 6.45) is 6.06. The van der Waals surface area contributed by atoms with Gasteiger partial charge in [0, 0.05) is 5.69 Å². The Hall–Kier alpha value is -1.92. The smallest absolute Gasteiger partial charge is 0.312 e.